The minimum Gasteiger partial charge on any atom is -0.294 e. The highest BCUT2D eigenvalue weighted by molar-refractivity contribution is 5.99. The summed E-state index contributed by atoms with van der Waals surface area (Å²) in [5, 5.41) is 2.33. The predicted octanol–water partition coefficient (Wildman–Crippen LogP) is 6.46. The quantitative estimate of drug-likeness (QED) is 0.433. The highest BCUT2D eigenvalue weighted by atomic mass is 16.1. The predicted molar refractivity (Wildman–Crippen MR) is 106 cm³/mol. The average molecular weight is 330 g/mol. The van der Waals surface area contributed by atoms with Crippen molar-refractivity contribution in [2.75, 3.05) is 0 Å². The van der Waals surface area contributed by atoms with Gasteiger partial charge in [0, 0.05) is 12.0 Å². The Hall–Kier alpha value is -2.41. The number of ketones is 1. The molecule has 0 saturated heterocycles. The number of hydrogen-bond acceptors (Lipinski definition) is 1. The fourth-order valence-electron chi connectivity index (χ4n) is 3.46. The zero-order valence-electron chi connectivity index (χ0n) is 14.9. The van der Waals surface area contributed by atoms with Crippen molar-refractivity contribution in [1.82, 2.24) is 0 Å². The molecule has 0 aliphatic heterocycles. The smallest absolute Gasteiger partial charge is 0.162 e. The van der Waals surface area contributed by atoms with Crippen LogP contribution in [-0.4, -0.2) is 5.78 Å². The van der Waals surface area contributed by atoms with Crippen LogP contribution in [0.15, 0.2) is 72.8 Å². The van der Waals surface area contributed by atoms with E-state index in [1.165, 1.54) is 17.4 Å². The molecule has 128 valence electrons. The lowest BCUT2D eigenvalue weighted by molar-refractivity contribution is 0.0977. The van der Waals surface area contributed by atoms with Gasteiger partial charge >= 0.3 is 0 Å². The van der Waals surface area contributed by atoms with E-state index in [4.69, 9.17) is 0 Å². The van der Waals surface area contributed by atoms with Crippen LogP contribution >= 0.6 is 0 Å². The summed E-state index contributed by atoms with van der Waals surface area (Å²) in [5.74, 6) is 0.923. The monoisotopic (exact) mass is 330 g/mol. The van der Waals surface area contributed by atoms with E-state index in [1.807, 2.05) is 30.3 Å². The largest absolute Gasteiger partial charge is 0.294 e. The van der Waals surface area contributed by atoms with Crippen LogP contribution in [0.3, 0.4) is 0 Å². The van der Waals surface area contributed by atoms with E-state index in [9.17, 15) is 4.79 Å². The van der Waals surface area contributed by atoms with Gasteiger partial charge < -0.3 is 0 Å². The van der Waals surface area contributed by atoms with Crippen LogP contribution < -0.4 is 0 Å². The molecule has 0 aliphatic rings. The number of benzene rings is 3. The van der Waals surface area contributed by atoms with Gasteiger partial charge in [-0.3, -0.25) is 4.79 Å². The molecule has 3 aromatic rings. The molecule has 1 unspecified atom stereocenters. The van der Waals surface area contributed by atoms with Gasteiger partial charge in [0.1, 0.15) is 0 Å². The number of carbonyl (C=O) groups excluding carboxylic acids is 1. The third kappa shape index (κ3) is 4.79. The Balaban J connectivity index is 1.53. The summed E-state index contributed by atoms with van der Waals surface area (Å²) in [6.07, 6.45) is 5.01. The molecule has 0 radical (unpaired) electrons. The molecule has 0 amide bonds. The molecule has 0 aromatic heterocycles. The maximum Gasteiger partial charge on any atom is 0.162 e. The fourth-order valence-corrected chi connectivity index (χ4v) is 3.46. The molecular weight excluding hydrogens is 304 g/mol. The van der Waals surface area contributed by atoms with Crippen molar-refractivity contribution in [3.05, 3.63) is 83.9 Å². The Morgan fingerprint density at radius 2 is 1.60 bits per heavy atom. The first-order chi connectivity index (χ1) is 12.3. The molecule has 0 N–H and O–H groups in total. The van der Waals surface area contributed by atoms with Crippen LogP contribution in [0.4, 0.5) is 0 Å². The van der Waals surface area contributed by atoms with E-state index in [-0.39, 0.29) is 5.78 Å². The van der Waals surface area contributed by atoms with Crippen molar-refractivity contribution in [3.8, 4) is 0 Å². The molecule has 0 bridgehead atoms. The topological polar surface area (TPSA) is 17.1 Å². The van der Waals surface area contributed by atoms with Gasteiger partial charge in [0.15, 0.2) is 5.78 Å². The molecule has 0 spiro atoms. The van der Waals surface area contributed by atoms with Crippen LogP contribution in [0.25, 0.3) is 10.8 Å². The van der Waals surface area contributed by atoms with E-state index >= 15 is 0 Å². The summed E-state index contributed by atoms with van der Waals surface area (Å²) >= 11 is 0. The highest BCUT2D eigenvalue weighted by Gasteiger charge is 2.11. The molecule has 1 atom stereocenters. The van der Waals surface area contributed by atoms with Crippen molar-refractivity contribution in [3.63, 3.8) is 0 Å². The Labute approximate surface area is 150 Å². The summed E-state index contributed by atoms with van der Waals surface area (Å²) in [6, 6.07) is 24.9. The summed E-state index contributed by atoms with van der Waals surface area (Å²) in [4.78, 5) is 12.5. The van der Waals surface area contributed by atoms with Gasteiger partial charge in [-0.1, -0.05) is 80.1 Å². The second kappa shape index (κ2) is 8.62. The van der Waals surface area contributed by atoms with Crippen molar-refractivity contribution < 1.29 is 4.79 Å². The van der Waals surface area contributed by atoms with Gasteiger partial charge in [-0.15, -0.1) is 0 Å². The van der Waals surface area contributed by atoms with Crippen molar-refractivity contribution in [1.29, 1.82) is 0 Å². The number of hydrogen-bond donors (Lipinski definition) is 0. The Bertz CT molecular complexity index is 820. The zero-order chi connectivity index (χ0) is 17.5. The second-order valence-corrected chi connectivity index (χ2v) is 6.84. The molecule has 25 heavy (non-hydrogen) atoms. The molecule has 0 fully saturated rings. The first kappa shape index (κ1) is 17.4. The summed E-state index contributed by atoms with van der Waals surface area (Å²) in [7, 11) is 0. The van der Waals surface area contributed by atoms with Crippen molar-refractivity contribution in [2.45, 2.75) is 39.0 Å². The minimum atomic E-state index is 0.264. The first-order valence-corrected chi connectivity index (χ1v) is 9.32. The average Bonchev–Trinajstić information content (AvgIpc) is 2.67. The Morgan fingerprint density at radius 1 is 0.880 bits per heavy atom. The lowest BCUT2D eigenvalue weighted by Gasteiger charge is -2.14. The Morgan fingerprint density at radius 3 is 2.36 bits per heavy atom. The van der Waals surface area contributed by atoms with Crippen LogP contribution in [0.2, 0.25) is 0 Å². The van der Waals surface area contributed by atoms with Crippen LogP contribution in [0.5, 0.6) is 0 Å². The summed E-state index contributed by atoms with van der Waals surface area (Å²) in [6.45, 7) is 2.25. The molecule has 3 rings (SSSR count). The van der Waals surface area contributed by atoms with Gasteiger partial charge in [0.05, 0.1) is 0 Å². The maximum absolute atomic E-state index is 12.5. The molecule has 0 heterocycles. The van der Waals surface area contributed by atoms with E-state index < -0.39 is 0 Å². The van der Waals surface area contributed by atoms with Crippen molar-refractivity contribution in [2.24, 2.45) is 5.92 Å². The van der Waals surface area contributed by atoms with Gasteiger partial charge in [0.25, 0.3) is 0 Å². The molecule has 0 aliphatic carbocycles. The SMILES string of the molecule is CCC(CCCC(=O)c1ccc2ccccc2c1)Cc1ccccc1. The number of rotatable bonds is 8. The lowest BCUT2D eigenvalue weighted by Crippen LogP contribution is -2.06. The highest BCUT2D eigenvalue weighted by Crippen LogP contribution is 2.21. The molecule has 1 heteroatoms. The molecular formula is C24H26O. The summed E-state index contributed by atoms with van der Waals surface area (Å²) in [5.41, 5.74) is 2.24. The Kier molecular flexibility index (Phi) is 6.00. The minimum absolute atomic E-state index is 0.264. The standard InChI is InChI=1S/C24H26O/c1-2-19(17-20-9-4-3-5-10-20)11-8-14-24(25)23-16-15-21-12-6-7-13-22(21)18-23/h3-7,9-10,12-13,15-16,18-19H,2,8,11,14,17H2,1H3. The van der Waals surface area contributed by atoms with Gasteiger partial charge in [-0.05, 0) is 47.6 Å². The lowest BCUT2D eigenvalue weighted by atomic mass is 9.91. The molecule has 1 nitrogen and oxygen atoms in total. The van der Waals surface area contributed by atoms with E-state index in [0.717, 1.165) is 30.2 Å². The number of Topliss-reactive ketones (excluding diaryl/α,β-unsaturated/α-hetero) is 1. The zero-order valence-corrected chi connectivity index (χ0v) is 14.9. The second-order valence-electron chi connectivity index (χ2n) is 6.84. The molecule has 3 aromatic carbocycles. The first-order valence-electron chi connectivity index (χ1n) is 9.32. The van der Waals surface area contributed by atoms with E-state index in [2.05, 4.69) is 49.4 Å². The maximum atomic E-state index is 12.5. The summed E-state index contributed by atoms with van der Waals surface area (Å²) < 4.78 is 0. The van der Waals surface area contributed by atoms with Gasteiger partial charge in [-0.25, -0.2) is 0 Å². The molecule has 0 saturated carbocycles. The fraction of sp³-hybridized carbons (Fsp3) is 0.292. The van der Waals surface area contributed by atoms with E-state index in [1.54, 1.807) is 0 Å². The normalized spacial score (nSPS) is 12.2. The number of fused-ring (bicyclic) bond motifs is 1. The van der Waals surface area contributed by atoms with Crippen LogP contribution in [-0.2, 0) is 6.42 Å². The van der Waals surface area contributed by atoms with Crippen LogP contribution in [0.1, 0.15) is 48.5 Å². The third-order valence-corrected chi connectivity index (χ3v) is 5.03. The van der Waals surface area contributed by atoms with Gasteiger partial charge in [-0.2, -0.15) is 0 Å². The van der Waals surface area contributed by atoms with Crippen molar-refractivity contribution >= 4 is 16.6 Å². The van der Waals surface area contributed by atoms with Gasteiger partial charge in [0.2, 0.25) is 0 Å². The number of carbonyl (C=O) groups is 1. The third-order valence-electron chi connectivity index (χ3n) is 5.03. The van der Waals surface area contributed by atoms with E-state index in [0.29, 0.717) is 12.3 Å². The van der Waals surface area contributed by atoms with Crippen LogP contribution in [0, 0.1) is 5.92 Å².